The van der Waals surface area contributed by atoms with Gasteiger partial charge in [0.15, 0.2) is 0 Å². The molecule has 0 spiro atoms. The Morgan fingerprint density at radius 1 is 0.548 bits per heavy atom. The number of para-hydroxylation sites is 3. The summed E-state index contributed by atoms with van der Waals surface area (Å²) in [5, 5.41) is 0. The van der Waals surface area contributed by atoms with E-state index < -0.39 is 76.7 Å². The maximum absolute atomic E-state index is 9.60. The third-order valence-corrected chi connectivity index (χ3v) is 15.3. The van der Waals surface area contributed by atoms with Gasteiger partial charge in [0.05, 0.1) is 0 Å². The first-order valence-electron chi connectivity index (χ1n) is 30.7. The van der Waals surface area contributed by atoms with Crippen LogP contribution in [0.25, 0.3) is 0 Å². The number of rotatable bonds is 3. The second-order valence-electron chi connectivity index (χ2n) is 17.9. The lowest BCUT2D eigenvalue weighted by molar-refractivity contribution is 0.362. The zero-order chi connectivity index (χ0) is 57.0. The summed E-state index contributed by atoms with van der Waals surface area (Å²) < 4.78 is 164. The van der Waals surface area contributed by atoms with Gasteiger partial charge in [-0.25, -0.2) is 0 Å². The Kier molecular flexibility index (Phi) is 4.96. The van der Waals surface area contributed by atoms with Crippen LogP contribution in [0.15, 0.2) is 113 Å². The number of piperidine rings is 2. The molecule has 6 aromatic carbocycles. The monoisotopic (exact) mass is 844 g/mol. The molecule has 2 fully saturated rings. The minimum Gasteiger partial charge on any atom is -0.371 e. The van der Waals surface area contributed by atoms with Crippen molar-refractivity contribution in [1.82, 2.24) is 0 Å². The lowest BCUT2D eigenvalue weighted by atomic mass is 9.30. The van der Waals surface area contributed by atoms with Gasteiger partial charge in [0, 0.05) is 124 Å². The number of benzene rings is 6. The van der Waals surface area contributed by atoms with Crippen molar-refractivity contribution in [1.29, 1.82) is 0 Å². The largest absolute Gasteiger partial charge is 0.371 e. The molecule has 6 aromatic rings. The average molecular weight is 844 g/mol. The predicted molar refractivity (Wildman–Crippen MR) is 266 cm³/mol. The van der Waals surface area contributed by atoms with Crippen LogP contribution in [0.4, 0.5) is 51.2 Å². The van der Waals surface area contributed by atoms with E-state index in [0.29, 0.717) is 34.3 Å². The molecule has 14 rings (SSSR count). The van der Waals surface area contributed by atoms with E-state index >= 15 is 0 Å². The molecule has 5 nitrogen and oxygen atoms in total. The van der Waals surface area contributed by atoms with E-state index in [1.165, 1.54) is 25.6 Å². The second-order valence-corrected chi connectivity index (χ2v) is 19.0. The zero-order valence-electron chi connectivity index (χ0n) is 52.4. The Balaban J connectivity index is 1.05. The molecule has 0 radical (unpaired) electrons. The molecule has 0 unspecified atom stereocenters. The van der Waals surface area contributed by atoms with Crippen molar-refractivity contribution in [2.45, 2.75) is 93.1 Å². The van der Waals surface area contributed by atoms with Gasteiger partial charge >= 0.3 is 0 Å². The highest BCUT2D eigenvalue weighted by Crippen LogP contribution is 2.49. The molecule has 0 atom stereocenters. The van der Waals surface area contributed by atoms with Gasteiger partial charge in [-0.05, 0) is 159 Å². The van der Waals surface area contributed by atoms with Crippen LogP contribution >= 0.6 is 11.8 Å². The van der Waals surface area contributed by atoms with Crippen molar-refractivity contribution in [2.75, 3.05) is 57.1 Å². The van der Waals surface area contributed by atoms with E-state index in [0.717, 1.165) is 108 Å². The summed E-state index contributed by atoms with van der Waals surface area (Å²) in [5.74, 6) is 0. The van der Waals surface area contributed by atoms with Gasteiger partial charge in [-0.1, -0.05) is 77.9 Å². The number of fused-ring (bicyclic) bond motifs is 8. The molecule has 0 aliphatic carbocycles. The van der Waals surface area contributed by atoms with Crippen molar-refractivity contribution in [3.05, 3.63) is 114 Å². The number of hydrogen-bond acceptors (Lipinski definition) is 6. The molecule has 0 saturated carbocycles. The Morgan fingerprint density at radius 3 is 1.95 bits per heavy atom. The Labute approximate surface area is 397 Å². The molecule has 0 amide bonds. The highest BCUT2D eigenvalue weighted by atomic mass is 32.2. The lowest BCUT2D eigenvalue weighted by Crippen LogP contribution is -2.65. The van der Waals surface area contributed by atoms with Gasteiger partial charge in [0.25, 0.3) is 6.71 Å². The predicted octanol–water partition coefficient (Wildman–Crippen LogP) is 8.52. The number of hydrogen-bond donors (Lipinski definition) is 0. The highest BCUT2D eigenvalue weighted by molar-refractivity contribution is 8.00. The summed E-state index contributed by atoms with van der Waals surface area (Å²) in [7, 11) is 0. The number of aryl methyl sites for hydroxylation is 2. The molecular weight excluding hydrogens is 772 g/mol. The standard InChI is InChI=1S/C54H53B2N5S/c1-54(2)23-7-10-28-60(54)39-30-45-50-47(31-39)61(37-19-5-3-6-20-37)44-34-48-43(33-42(44)55(50)40-21-11-15-35-17-13-26-58(45)52(35)40)56-41-22-12-16-36-18-14-27-59(53(36)41)46-29-38(32-49(62-48)51(46)56)57-24-8-4-9-25-57/h3,5-6,11-12,15-16,19-22,29-34H,4,7-10,13-14,17-18,23-28H2,1-2H3/i4D2,7D2,8D2,9D2,10D2,23D2,24D2,25D2,28D2. The summed E-state index contributed by atoms with van der Waals surface area (Å²) in [4.78, 5) is 9.47. The molecule has 0 bridgehead atoms. The van der Waals surface area contributed by atoms with E-state index in [1.807, 2.05) is 36.4 Å². The third-order valence-electron chi connectivity index (χ3n) is 14.1. The van der Waals surface area contributed by atoms with E-state index in [-0.39, 0.29) is 11.4 Å². The van der Waals surface area contributed by atoms with Gasteiger partial charge in [-0.15, -0.1) is 0 Å². The van der Waals surface area contributed by atoms with E-state index in [4.69, 9.17) is 13.7 Å². The zero-order valence-corrected chi connectivity index (χ0v) is 35.2. The Morgan fingerprint density at radius 2 is 1.21 bits per heavy atom. The molecule has 8 heteroatoms. The van der Waals surface area contributed by atoms with Crippen LogP contribution in [0, 0.1) is 0 Å². The molecule has 62 heavy (non-hydrogen) atoms. The van der Waals surface area contributed by atoms with Gasteiger partial charge < -0.3 is 24.5 Å². The van der Waals surface area contributed by atoms with Crippen LogP contribution in [0.1, 0.15) is 101 Å². The minimum atomic E-state index is -3.60. The summed E-state index contributed by atoms with van der Waals surface area (Å²) in [6, 6.07) is 33.5. The van der Waals surface area contributed by atoms with Crippen LogP contribution in [0.2, 0.25) is 0 Å². The first kappa shape index (κ1) is 22.9. The van der Waals surface area contributed by atoms with Crippen molar-refractivity contribution in [3.8, 4) is 0 Å². The summed E-state index contributed by atoms with van der Waals surface area (Å²) >= 11 is 1.37. The molecule has 8 aliphatic rings. The average Bonchev–Trinajstić information content (AvgIpc) is 2.25. The van der Waals surface area contributed by atoms with Crippen LogP contribution in [0.5, 0.6) is 0 Å². The van der Waals surface area contributed by atoms with Gasteiger partial charge in [0.2, 0.25) is 6.71 Å². The molecule has 306 valence electrons. The number of anilines is 9. The fourth-order valence-electron chi connectivity index (χ4n) is 11.7. The maximum atomic E-state index is 9.60. The molecular formula is C54H53B2N5S. The normalized spacial score (nSPS) is 31.2. The topological polar surface area (TPSA) is 16.2 Å². The van der Waals surface area contributed by atoms with Crippen LogP contribution in [0.3, 0.4) is 0 Å². The van der Waals surface area contributed by atoms with Crippen molar-refractivity contribution < 1.29 is 24.7 Å². The van der Waals surface area contributed by atoms with E-state index in [2.05, 4.69) is 63.2 Å². The fourth-order valence-corrected chi connectivity index (χ4v) is 12.9. The van der Waals surface area contributed by atoms with Gasteiger partial charge in [-0.3, -0.25) is 0 Å². The van der Waals surface area contributed by atoms with E-state index in [1.54, 1.807) is 18.2 Å². The SMILES string of the molecule is [2H]C1([2H])N(c2cc3c4c(c2)N2CCCc5cccc(c52)B4c2cc4c(cc2S3)N(c2ccccc2)c2cc(N3C([2H])([2H])C([2H])([2H])C([2H])([2H])C([2H])([2H])C3(C)C)cc3c2B4c2cccc4c2N3CCC4)C([2H])([2H])C([2H])([2H])C([2H])([2H])C1([2H])[2H]. The van der Waals surface area contributed by atoms with Crippen LogP contribution in [-0.2, 0) is 12.8 Å². The molecule has 0 N–H and O–H groups in total. The Bertz CT molecular complexity index is 3670. The third kappa shape index (κ3) is 5.07. The lowest BCUT2D eigenvalue weighted by Gasteiger charge is -2.49. The van der Waals surface area contributed by atoms with Crippen molar-refractivity contribution >= 4 is 109 Å². The second kappa shape index (κ2) is 13.4. The molecule has 8 aliphatic heterocycles. The summed E-state index contributed by atoms with van der Waals surface area (Å²) in [6.07, 6.45) is -17.1. The summed E-state index contributed by atoms with van der Waals surface area (Å²) in [5.41, 5.74) is 11.5. The molecule has 8 heterocycles. The maximum Gasteiger partial charge on any atom is 0.252 e. The summed E-state index contributed by atoms with van der Waals surface area (Å²) in [6.45, 7) is -6.75. The molecule has 2 saturated heterocycles. The van der Waals surface area contributed by atoms with Crippen molar-refractivity contribution in [2.24, 2.45) is 0 Å². The van der Waals surface area contributed by atoms with Gasteiger partial charge in [-0.2, -0.15) is 0 Å². The first-order chi connectivity index (χ1) is 37.3. The number of nitrogens with zero attached hydrogens (tertiary/aromatic N) is 5. The van der Waals surface area contributed by atoms with E-state index in [9.17, 15) is 11.0 Å². The van der Waals surface area contributed by atoms with Gasteiger partial charge in [0.1, 0.15) is 0 Å². The first-order valence-corrected chi connectivity index (χ1v) is 22.6. The fraction of sp³-hybridized carbons (Fsp3) is 0.333. The van der Waals surface area contributed by atoms with Crippen LogP contribution < -0.4 is 57.3 Å². The molecule has 0 aromatic heterocycles. The quantitative estimate of drug-likeness (QED) is 0.165. The minimum absolute atomic E-state index is 0.154. The Hall–Kier alpha value is -5.20. The van der Waals surface area contributed by atoms with Crippen LogP contribution in [-0.4, -0.2) is 51.5 Å². The smallest absolute Gasteiger partial charge is 0.252 e. The van der Waals surface area contributed by atoms with Crippen molar-refractivity contribution in [3.63, 3.8) is 0 Å². The highest BCUT2D eigenvalue weighted by Gasteiger charge is 2.48.